The van der Waals surface area contributed by atoms with E-state index in [-0.39, 0.29) is 11.4 Å². The maximum absolute atomic E-state index is 12.8. The van der Waals surface area contributed by atoms with E-state index < -0.39 is 11.7 Å². The van der Waals surface area contributed by atoms with E-state index in [1.165, 1.54) is 0 Å². The fourth-order valence-corrected chi connectivity index (χ4v) is 2.64. The molecule has 0 bridgehead atoms. The third kappa shape index (κ3) is 3.08. The van der Waals surface area contributed by atoms with Crippen molar-refractivity contribution in [2.75, 3.05) is 11.5 Å². The van der Waals surface area contributed by atoms with Crippen molar-refractivity contribution in [2.45, 2.75) is 12.6 Å². The molecule has 0 atom stereocenters. The van der Waals surface area contributed by atoms with Crippen LogP contribution >= 0.6 is 0 Å². The summed E-state index contributed by atoms with van der Waals surface area (Å²) in [4.78, 5) is 0. The first-order valence-electron chi connectivity index (χ1n) is 7.07. The zero-order valence-corrected chi connectivity index (χ0v) is 12.2. The molecule has 0 unspecified atom stereocenters. The Morgan fingerprint density at radius 1 is 0.783 bits per heavy atom. The van der Waals surface area contributed by atoms with Crippen molar-refractivity contribution in [2.24, 2.45) is 0 Å². The van der Waals surface area contributed by atoms with Crippen LogP contribution in [0.5, 0.6) is 0 Å². The van der Waals surface area contributed by atoms with Gasteiger partial charge < -0.3 is 11.5 Å². The zero-order valence-electron chi connectivity index (χ0n) is 12.2. The van der Waals surface area contributed by atoms with Gasteiger partial charge in [0.1, 0.15) is 0 Å². The predicted octanol–water partition coefficient (Wildman–Crippen LogP) is 4.61. The number of nitrogens with two attached hydrogens (primary N) is 2. The van der Waals surface area contributed by atoms with Crippen LogP contribution in [0.2, 0.25) is 0 Å². The largest absolute Gasteiger partial charge is 0.416 e. The van der Waals surface area contributed by atoms with E-state index in [1.807, 2.05) is 42.5 Å². The summed E-state index contributed by atoms with van der Waals surface area (Å²) in [5, 5.41) is 2.17. The van der Waals surface area contributed by atoms with Gasteiger partial charge in [-0.1, -0.05) is 42.5 Å². The van der Waals surface area contributed by atoms with Gasteiger partial charge in [0.05, 0.1) is 5.56 Å². The fourth-order valence-electron chi connectivity index (χ4n) is 2.64. The number of alkyl halides is 3. The molecule has 0 heterocycles. The lowest BCUT2D eigenvalue weighted by Crippen LogP contribution is -2.09. The van der Waals surface area contributed by atoms with Crippen molar-refractivity contribution in [3.05, 3.63) is 71.3 Å². The normalized spacial score (nSPS) is 11.8. The highest BCUT2D eigenvalue weighted by Gasteiger charge is 2.31. The summed E-state index contributed by atoms with van der Waals surface area (Å²) in [7, 11) is 0. The van der Waals surface area contributed by atoms with E-state index in [9.17, 15) is 13.2 Å². The lowest BCUT2D eigenvalue weighted by molar-refractivity contribution is -0.137. The van der Waals surface area contributed by atoms with Crippen LogP contribution in [0.1, 0.15) is 16.7 Å². The fraction of sp³-hybridized carbons (Fsp3) is 0.111. The molecule has 3 aromatic rings. The minimum atomic E-state index is -4.45. The van der Waals surface area contributed by atoms with Crippen molar-refractivity contribution in [3.63, 3.8) is 0 Å². The van der Waals surface area contributed by atoms with Crippen molar-refractivity contribution in [1.29, 1.82) is 0 Å². The van der Waals surface area contributed by atoms with Crippen molar-refractivity contribution >= 4 is 22.1 Å². The molecule has 0 aliphatic heterocycles. The number of hydrogen-bond donors (Lipinski definition) is 2. The summed E-state index contributed by atoms with van der Waals surface area (Å²) >= 11 is 0. The zero-order chi connectivity index (χ0) is 16.6. The van der Waals surface area contributed by atoms with Crippen molar-refractivity contribution in [1.82, 2.24) is 0 Å². The smallest absolute Gasteiger partial charge is 0.398 e. The molecule has 3 aromatic carbocycles. The van der Waals surface area contributed by atoms with Gasteiger partial charge in [-0.05, 0) is 28.5 Å². The molecule has 0 amide bonds. The topological polar surface area (TPSA) is 52.0 Å². The Kier molecular flexibility index (Phi) is 3.64. The van der Waals surface area contributed by atoms with E-state index >= 15 is 0 Å². The quantitative estimate of drug-likeness (QED) is 0.678. The highest BCUT2D eigenvalue weighted by molar-refractivity contribution is 5.83. The maximum Gasteiger partial charge on any atom is 0.416 e. The second kappa shape index (κ2) is 5.50. The van der Waals surface area contributed by atoms with Crippen LogP contribution in [0.3, 0.4) is 0 Å². The van der Waals surface area contributed by atoms with E-state index in [0.29, 0.717) is 12.0 Å². The molecule has 2 nitrogen and oxygen atoms in total. The first-order valence-corrected chi connectivity index (χ1v) is 7.07. The second-order valence-corrected chi connectivity index (χ2v) is 5.49. The molecule has 0 radical (unpaired) electrons. The van der Waals surface area contributed by atoms with E-state index in [1.54, 1.807) is 0 Å². The first-order chi connectivity index (χ1) is 10.8. The van der Waals surface area contributed by atoms with Gasteiger partial charge in [-0.2, -0.15) is 13.2 Å². The lowest BCUT2D eigenvalue weighted by atomic mass is 9.97. The summed E-state index contributed by atoms with van der Waals surface area (Å²) in [6, 6.07) is 15.6. The van der Waals surface area contributed by atoms with Gasteiger partial charge in [-0.15, -0.1) is 0 Å². The van der Waals surface area contributed by atoms with E-state index in [4.69, 9.17) is 11.5 Å². The Labute approximate surface area is 131 Å². The van der Waals surface area contributed by atoms with Gasteiger partial charge in [0.25, 0.3) is 0 Å². The van der Waals surface area contributed by atoms with Gasteiger partial charge in [-0.25, -0.2) is 0 Å². The third-order valence-electron chi connectivity index (χ3n) is 3.84. The van der Waals surface area contributed by atoms with Crippen molar-refractivity contribution in [3.8, 4) is 0 Å². The van der Waals surface area contributed by atoms with Gasteiger partial charge >= 0.3 is 6.18 Å². The number of anilines is 2. The van der Waals surface area contributed by atoms with Crippen LogP contribution < -0.4 is 11.5 Å². The number of hydrogen-bond acceptors (Lipinski definition) is 2. The van der Waals surface area contributed by atoms with Crippen LogP contribution in [-0.4, -0.2) is 0 Å². The number of nitrogen functional groups attached to an aromatic ring is 2. The van der Waals surface area contributed by atoms with Crippen LogP contribution in [0.4, 0.5) is 24.5 Å². The summed E-state index contributed by atoms with van der Waals surface area (Å²) in [6.07, 6.45) is -4.07. The Hall–Kier alpha value is -2.69. The molecule has 4 N–H and O–H groups in total. The number of rotatable bonds is 2. The molecule has 0 aliphatic rings. The second-order valence-electron chi connectivity index (χ2n) is 5.49. The standard InChI is InChI=1S/C18H15F3N2/c19-18(20,21)14-9-16(22)15(17(23)10-14)8-11-5-6-12-3-1-2-4-13(12)7-11/h1-7,9-10H,8,22-23H2. The lowest BCUT2D eigenvalue weighted by Gasteiger charge is -2.14. The van der Waals surface area contributed by atoms with Crippen LogP contribution in [0.15, 0.2) is 54.6 Å². The molecule has 0 spiro atoms. The number of halogens is 3. The van der Waals surface area contributed by atoms with Crippen molar-refractivity contribution < 1.29 is 13.2 Å². The number of benzene rings is 3. The molecule has 0 fully saturated rings. The third-order valence-corrected chi connectivity index (χ3v) is 3.84. The molecule has 0 aromatic heterocycles. The summed E-state index contributed by atoms with van der Waals surface area (Å²) in [5.74, 6) is 0. The number of fused-ring (bicyclic) bond motifs is 1. The van der Waals surface area contributed by atoms with Gasteiger partial charge in [0.2, 0.25) is 0 Å². The SMILES string of the molecule is Nc1cc(C(F)(F)F)cc(N)c1Cc1ccc2ccccc2c1. The first kappa shape index (κ1) is 15.2. The summed E-state index contributed by atoms with van der Waals surface area (Å²) < 4.78 is 38.3. The summed E-state index contributed by atoms with van der Waals surface area (Å²) in [6.45, 7) is 0. The average Bonchev–Trinajstić information content (AvgIpc) is 2.49. The molecule has 3 rings (SSSR count). The molecule has 23 heavy (non-hydrogen) atoms. The minimum absolute atomic E-state index is 0.0606. The molecule has 0 aliphatic carbocycles. The minimum Gasteiger partial charge on any atom is -0.398 e. The van der Waals surface area contributed by atoms with Gasteiger partial charge in [0, 0.05) is 23.4 Å². The maximum atomic E-state index is 12.8. The Balaban J connectivity index is 1.98. The molecular weight excluding hydrogens is 301 g/mol. The van der Waals surface area contributed by atoms with Crippen LogP contribution in [0, 0.1) is 0 Å². The Bertz CT molecular complexity index is 847. The van der Waals surface area contributed by atoms with Gasteiger partial charge in [0.15, 0.2) is 0 Å². The van der Waals surface area contributed by atoms with Crippen LogP contribution in [0.25, 0.3) is 10.8 Å². The molecule has 0 saturated heterocycles. The Morgan fingerprint density at radius 3 is 2.00 bits per heavy atom. The van der Waals surface area contributed by atoms with Gasteiger partial charge in [-0.3, -0.25) is 0 Å². The monoisotopic (exact) mass is 316 g/mol. The molecule has 118 valence electrons. The highest BCUT2D eigenvalue weighted by atomic mass is 19.4. The molecule has 5 heteroatoms. The van der Waals surface area contributed by atoms with E-state index in [0.717, 1.165) is 28.5 Å². The highest BCUT2D eigenvalue weighted by Crippen LogP contribution is 2.35. The molecule has 0 saturated carbocycles. The van der Waals surface area contributed by atoms with Crippen LogP contribution in [-0.2, 0) is 12.6 Å². The summed E-state index contributed by atoms with van der Waals surface area (Å²) in [5.41, 5.74) is 12.4. The predicted molar refractivity (Wildman–Crippen MR) is 87.0 cm³/mol. The average molecular weight is 316 g/mol. The molecular formula is C18H15F3N2. The Morgan fingerprint density at radius 2 is 1.39 bits per heavy atom. The van der Waals surface area contributed by atoms with E-state index in [2.05, 4.69) is 0 Å².